The van der Waals surface area contributed by atoms with E-state index in [1.807, 2.05) is 13.8 Å². The van der Waals surface area contributed by atoms with Crippen molar-refractivity contribution >= 4 is 35.8 Å². The summed E-state index contributed by atoms with van der Waals surface area (Å²) in [5.74, 6) is -6.31. The molecule has 0 radical (unpaired) electrons. The molecule has 2 saturated carbocycles. The Labute approximate surface area is 344 Å². The van der Waals surface area contributed by atoms with Gasteiger partial charge in [0.05, 0.1) is 35.6 Å². The number of hydrogen-bond acceptors (Lipinski definition) is 15. The normalized spacial score (nSPS) is 33.4. The topological polar surface area (TPSA) is 231 Å². The number of aliphatic hydroxyl groups excluding tert-OH is 2. The van der Waals surface area contributed by atoms with Crippen LogP contribution in [0.25, 0.3) is 0 Å². The largest absolute Gasteiger partial charge is 0.456 e. The number of ketones is 1. The first-order valence-corrected chi connectivity index (χ1v) is 20.0. The lowest BCUT2D eigenvalue weighted by Crippen LogP contribution is -2.82. The van der Waals surface area contributed by atoms with Crippen molar-refractivity contribution in [2.45, 2.75) is 155 Å². The van der Waals surface area contributed by atoms with Gasteiger partial charge in [0.15, 0.2) is 23.6 Å². The zero-order chi connectivity index (χ0) is 44.2. The number of fused-ring (bicyclic) bond motifs is 5. The number of amides is 1. The minimum Gasteiger partial charge on any atom is -0.456 e. The molecule has 2 bridgehead atoms. The molecule has 3 aliphatic carbocycles. The molecule has 1 saturated heterocycles. The molecular weight excluding hydrogens is 770 g/mol. The van der Waals surface area contributed by atoms with Crippen molar-refractivity contribution < 1.29 is 72.5 Å². The number of Topliss-reactive ketones (excluding diaryl/α,β-unsaturated/α-hetero) is 1. The molecule has 0 aromatic heterocycles. The fourth-order valence-electron chi connectivity index (χ4n) is 9.63. The Morgan fingerprint density at radius 1 is 0.983 bits per heavy atom. The maximum Gasteiger partial charge on any atom is 0.407 e. The number of benzene rings is 1. The molecule has 3 fully saturated rings. The third-order valence-electron chi connectivity index (χ3n) is 12.5. The standard InChI is InChI=1S/C43H59NO15/c1-21(2)17-26(44-38(52)59-39(6,7)8)31(48)37(51)56-27-19-43(53)35(57-36(50)25-15-13-12-14-16-25)33-41(11,28(47)18-29-42(33,20-54-29)58-24(5)46)34(49)32(55-23(4)45)30(22(27)3)40(43,9)10/h12-16,21,26-29,31-33,35,47-48,53H,17-20H2,1-11H3,(H,44,52)/t26-,27-,28?,29?,31+,32?,33?,35-,41?,42-,43?/m0/s1. The molecule has 1 aromatic carbocycles. The van der Waals surface area contributed by atoms with E-state index in [0.717, 1.165) is 13.8 Å². The van der Waals surface area contributed by atoms with E-state index in [0.29, 0.717) is 0 Å². The predicted octanol–water partition coefficient (Wildman–Crippen LogP) is 3.50. The molecule has 1 aromatic rings. The Morgan fingerprint density at radius 3 is 2.14 bits per heavy atom. The van der Waals surface area contributed by atoms with E-state index in [4.69, 9.17) is 28.4 Å². The minimum absolute atomic E-state index is 0.00510. The van der Waals surface area contributed by atoms with E-state index in [9.17, 15) is 39.3 Å². The summed E-state index contributed by atoms with van der Waals surface area (Å²) < 4.78 is 35.5. The number of esters is 4. The first kappa shape index (κ1) is 45.7. The maximum absolute atomic E-state index is 15.4. The van der Waals surface area contributed by atoms with Crippen LogP contribution in [0.5, 0.6) is 0 Å². The quantitative estimate of drug-likeness (QED) is 0.150. The Bertz CT molecular complexity index is 1870. The molecule has 6 unspecified atom stereocenters. The summed E-state index contributed by atoms with van der Waals surface area (Å²) >= 11 is 0. The number of alkyl carbamates (subject to hydrolysis) is 1. The Kier molecular flexibility index (Phi) is 12.6. The van der Waals surface area contributed by atoms with Crippen LogP contribution >= 0.6 is 0 Å². The molecule has 16 nitrogen and oxygen atoms in total. The average Bonchev–Trinajstić information content (AvgIpc) is 3.11. The molecule has 11 atom stereocenters. The van der Waals surface area contributed by atoms with Crippen LogP contribution in [0.3, 0.4) is 0 Å². The highest BCUT2D eigenvalue weighted by Gasteiger charge is 2.78. The van der Waals surface area contributed by atoms with E-state index in [1.165, 1.54) is 26.0 Å². The van der Waals surface area contributed by atoms with Crippen molar-refractivity contribution in [1.82, 2.24) is 5.32 Å². The second kappa shape index (κ2) is 16.2. The molecule has 4 aliphatic rings. The van der Waals surface area contributed by atoms with E-state index in [2.05, 4.69) is 5.32 Å². The van der Waals surface area contributed by atoms with Gasteiger partial charge in [0.2, 0.25) is 0 Å². The Morgan fingerprint density at radius 2 is 1.61 bits per heavy atom. The van der Waals surface area contributed by atoms with Crippen molar-refractivity contribution in [3.8, 4) is 0 Å². The first-order valence-electron chi connectivity index (χ1n) is 20.0. The number of carbonyl (C=O) groups excluding carboxylic acids is 6. The van der Waals surface area contributed by atoms with Gasteiger partial charge in [0.1, 0.15) is 29.5 Å². The summed E-state index contributed by atoms with van der Waals surface area (Å²) in [5.41, 5.74) is -8.45. The lowest BCUT2D eigenvalue weighted by atomic mass is 9.44. The van der Waals surface area contributed by atoms with Gasteiger partial charge in [-0.1, -0.05) is 45.9 Å². The van der Waals surface area contributed by atoms with Crippen molar-refractivity contribution in [2.75, 3.05) is 6.61 Å². The third-order valence-corrected chi connectivity index (χ3v) is 12.5. The van der Waals surface area contributed by atoms with Gasteiger partial charge in [-0.3, -0.25) is 14.4 Å². The lowest BCUT2D eigenvalue weighted by Gasteiger charge is -2.67. The summed E-state index contributed by atoms with van der Waals surface area (Å²) in [4.78, 5) is 82.3. The molecule has 1 amide bonds. The van der Waals surface area contributed by atoms with Gasteiger partial charge in [-0.25, -0.2) is 14.4 Å². The minimum atomic E-state index is -2.37. The van der Waals surface area contributed by atoms with Crippen LogP contribution in [0.4, 0.5) is 4.79 Å². The molecule has 16 heteroatoms. The fraction of sp³-hybridized carbons (Fsp3) is 0.674. The summed E-state index contributed by atoms with van der Waals surface area (Å²) in [6, 6.07) is 6.66. The van der Waals surface area contributed by atoms with Gasteiger partial charge in [-0.2, -0.15) is 0 Å². The predicted molar refractivity (Wildman–Crippen MR) is 207 cm³/mol. The highest BCUT2D eigenvalue weighted by Crippen LogP contribution is 2.64. The molecule has 1 aliphatic heterocycles. The van der Waals surface area contributed by atoms with Crippen LogP contribution in [0, 0.1) is 22.7 Å². The van der Waals surface area contributed by atoms with Gasteiger partial charge >= 0.3 is 30.0 Å². The van der Waals surface area contributed by atoms with E-state index in [1.54, 1.807) is 52.8 Å². The number of carbonyl (C=O) groups is 6. The SMILES string of the molecule is CC(=O)OC1C(=O)C2(C)C(O)CC3OC[C@@]3(OC(C)=O)C2[C@H](OC(=O)c2ccccc2)C2(O)C[C@H](OC(=O)[C@H](O)[C@H](CC(C)C)NC(=O)OC(C)(C)C)C(C)=C1C2(C)C. The first-order chi connectivity index (χ1) is 27.2. The number of ether oxygens (including phenoxy) is 6. The molecule has 1 heterocycles. The zero-order valence-electron chi connectivity index (χ0n) is 35.7. The average molecular weight is 830 g/mol. The van der Waals surface area contributed by atoms with Gasteiger partial charge in [0, 0.05) is 32.1 Å². The molecule has 5 rings (SSSR count). The highest BCUT2D eigenvalue weighted by atomic mass is 16.6. The summed E-state index contributed by atoms with van der Waals surface area (Å²) in [7, 11) is 0. The monoisotopic (exact) mass is 829 g/mol. The molecule has 4 N–H and O–H groups in total. The van der Waals surface area contributed by atoms with Gasteiger partial charge in [-0.05, 0) is 70.2 Å². The molecule has 326 valence electrons. The van der Waals surface area contributed by atoms with Crippen LogP contribution < -0.4 is 5.32 Å². The number of hydrogen-bond donors (Lipinski definition) is 4. The Hall–Kier alpha value is -4.38. The number of aliphatic hydroxyl groups is 3. The Balaban J connectivity index is 1.72. The summed E-state index contributed by atoms with van der Waals surface area (Å²) in [5, 5.41) is 39.6. The van der Waals surface area contributed by atoms with Gasteiger partial charge in [-0.15, -0.1) is 0 Å². The van der Waals surface area contributed by atoms with E-state index in [-0.39, 0.29) is 42.1 Å². The van der Waals surface area contributed by atoms with Crippen LogP contribution in [-0.2, 0) is 47.6 Å². The van der Waals surface area contributed by atoms with Crippen LogP contribution in [0.1, 0.15) is 106 Å². The van der Waals surface area contributed by atoms with Crippen molar-refractivity contribution in [2.24, 2.45) is 22.7 Å². The smallest absolute Gasteiger partial charge is 0.407 e. The van der Waals surface area contributed by atoms with Crippen LogP contribution in [0.2, 0.25) is 0 Å². The summed E-state index contributed by atoms with van der Waals surface area (Å²) in [6.45, 7) is 16.6. The maximum atomic E-state index is 15.4. The highest BCUT2D eigenvalue weighted by molar-refractivity contribution is 5.95. The molecular formula is C43H59NO15. The van der Waals surface area contributed by atoms with E-state index >= 15 is 4.79 Å². The zero-order valence-corrected chi connectivity index (χ0v) is 35.7. The lowest BCUT2D eigenvalue weighted by molar-refractivity contribution is -0.346. The van der Waals surface area contributed by atoms with Crippen LogP contribution in [-0.4, -0.2) is 117 Å². The molecule has 0 spiro atoms. The number of rotatable bonds is 10. The van der Waals surface area contributed by atoms with E-state index < -0.39 is 118 Å². The van der Waals surface area contributed by atoms with Crippen molar-refractivity contribution in [1.29, 1.82) is 0 Å². The molecule has 59 heavy (non-hydrogen) atoms. The van der Waals surface area contributed by atoms with Crippen LogP contribution in [0.15, 0.2) is 41.5 Å². The fourth-order valence-corrected chi connectivity index (χ4v) is 9.63. The van der Waals surface area contributed by atoms with Gasteiger partial charge < -0.3 is 49.1 Å². The second-order valence-electron chi connectivity index (χ2n) is 18.5. The van der Waals surface area contributed by atoms with Crippen molar-refractivity contribution in [3.05, 3.63) is 47.0 Å². The van der Waals surface area contributed by atoms with Crippen molar-refractivity contribution in [3.63, 3.8) is 0 Å². The third kappa shape index (κ3) is 8.25. The summed E-state index contributed by atoms with van der Waals surface area (Å²) in [6.07, 6.45) is -11.1. The van der Waals surface area contributed by atoms with Gasteiger partial charge in [0.25, 0.3) is 0 Å². The second-order valence-corrected chi connectivity index (χ2v) is 18.5. The number of nitrogens with one attached hydrogen (secondary N) is 1.